The Bertz CT molecular complexity index is 807. The largest absolute Gasteiger partial charge is 0.493 e. The summed E-state index contributed by atoms with van der Waals surface area (Å²) in [5.41, 5.74) is 0.899. The summed E-state index contributed by atoms with van der Waals surface area (Å²) in [5.74, 6) is 1.38. The van der Waals surface area contributed by atoms with E-state index in [4.69, 9.17) is 13.9 Å². The molecule has 2 aromatic rings. The van der Waals surface area contributed by atoms with E-state index in [0.717, 1.165) is 5.56 Å². The van der Waals surface area contributed by atoms with Crippen molar-refractivity contribution in [2.75, 3.05) is 14.2 Å². The number of nitriles is 1. The molecule has 1 unspecified atom stereocenters. The van der Waals surface area contributed by atoms with Crippen LogP contribution in [-0.2, 0) is 11.3 Å². The van der Waals surface area contributed by atoms with E-state index in [1.165, 1.54) is 12.5 Å². The number of rotatable bonds is 8. The average molecular weight is 355 g/mol. The zero-order valence-corrected chi connectivity index (χ0v) is 14.9. The number of furan rings is 1. The molecule has 0 radical (unpaired) electrons. The highest BCUT2D eigenvalue weighted by Crippen LogP contribution is 2.29. The maximum atomic E-state index is 12.1. The fourth-order valence-corrected chi connectivity index (χ4v) is 2.25. The standard InChI is InChI=1S/C19H21N3O4/c1-13(14-6-7-17(24-2)18(9-14)25-3)21-11-15(10-20)19(23)22-12-16-5-4-8-26-16/h4-9,11,13,21H,12H2,1-3H3,(H,22,23)/b15-11-. The van der Waals surface area contributed by atoms with Crippen LogP contribution in [-0.4, -0.2) is 20.1 Å². The summed E-state index contributed by atoms with van der Waals surface area (Å²) in [5, 5.41) is 14.9. The molecule has 0 spiro atoms. The summed E-state index contributed by atoms with van der Waals surface area (Å²) in [6.45, 7) is 2.13. The molecule has 7 heteroatoms. The molecule has 1 atom stereocenters. The lowest BCUT2D eigenvalue weighted by Gasteiger charge is -2.15. The second-order valence-corrected chi connectivity index (χ2v) is 5.43. The predicted octanol–water partition coefficient (Wildman–Crippen LogP) is 2.67. The number of carbonyl (C=O) groups is 1. The highest BCUT2D eigenvalue weighted by molar-refractivity contribution is 5.97. The van der Waals surface area contributed by atoms with Crippen molar-refractivity contribution in [1.29, 1.82) is 5.26 Å². The van der Waals surface area contributed by atoms with E-state index < -0.39 is 5.91 Å². The molecule has 26 heavy (non-hydrogen) atoms. The first kappa shape index (κ1) is 18.9. The molecular formula is C19H21N3O4. The van der Waals surface area contributed by atoms with Crippen LogP contribution in [0.5, 0.6) is 11.5 Å². The quantitative estimate of drug-likeness (QED) is 0.558. The van der Waals surface area contributed by atoms with Gasteiger partial charge in [-0.25, -0.2) is 0 Å². The topological polar surface area (TPSA) is 96.5 Å². The monoisotopic (exact) mass is 355 g/mol. The van der Waals surface area contributed by atoms with Crippen molar-refractivity contribution in [2.24, 2.45) is 0 Å². The van der Waals surface area contributed by atoms with E-state index in [-0.39, 0.29) is 18.2 Å². The minimum atomic E-state index is -0.476. The second kappa shape index (κ2) is 9.18. The fourth-order valence-electron chi connectivity index (χ4n) is 2.25. The van der Waals surface area contributed by atoms with Gasteiger partial charge in [-0.2, -0.15) is 5.26 Å². The smallest absolute Gasteiger partial charge is 0.263 e. The summed E-state index contributed by atoms with van der Waals surface area (Å²) in [7, 11) is 3.14. The van der Waals surface area contributed by atoms with Gasteiger partial charge in [0.15, 0.2) is 11.5 Å². The Morgan fingerprint density at radius 2 is 2.08 bits per heavy atom. The molecule has 1 aromatic carbocycles. The van der Waals surface area contributed by atoms with Gasteiger partial charge in [-0.15, -0.1) is 0 Å². The number of hydrogen-bond donors (Lipinski definition) is 2. The van der Waals surface area contributed by atoms with Crippen LogP contribution < -0.4 is 20.1 Å². The minimum absolute atomic E-state index is 0.0242. The van der Waals surface area contributed by atoms with Crippen LogP contribution in [0.25, 0.3) is 0 Å². The lowest BCUT2D eigenvalue weighted by Crippen LogP contribution is -2.25. The number of amides is 1. The van der Waals surface area contributed by atoms with Crippen molar-refractivity contribution in [2.45, 2.75) is 19.5 Å². The molecule has 0 aliphatic rings. The molecule has 0 saturated carbocycles. The van der Waals surface area contributed by atoms with Crippen LogP contribution in [0.15, 0.2) is 52.8 Å². The molecule has 0 saturated heterocycles. The molecule has 0 aliphatic heterocycles. The number of methoxy groups -OCH3 is 2. The van der Waals surface area contributed by atoms with E-state index in [0.29, 0.717) is 17.3 Å². The van der Waals surface area contributed by atoms with Crippen molar-refractivity contribution in [3.8, 4) is 17.6 Å². The number of hydrogen-bond acceptors (Lipinski definition) is 6. The molecule has 1 heterocycles. The van der Waals surface area contributed by atoms with Crippen LogP contribution in [0.3, 0.4) is 0 Å². The van der Waals surface area contributed by atoms with Crippen LogP contribution in [0.2, 0.25) is 0 Å². The van der Waals surface area contributed by atoms with Gasteiger partial charge in [-0.1, -0.05) is 6.07 Å². The fraction of sp³-hybridized carbons (Fsp3) is 0.263. The second-order valence-electron chi connectivity index (χ2n) is 5.43. The zero-order valence-electron chi connectivity index (χ0n) is 14.9. The first-order chi connectivity index (χ1) is 12.6. The zero-order chi connectivity index (χ0) is 18.9. The Hall–Kier alpha value is -3.40. The van der Waals surface area contributed by atoms with Gasteiger partial charge in [-0.3, -0.25) is 4.79 Å². The highest BCUT2D eigenvalue weighted by Gasteiger charge is 2.12. The van der Waals surface area contributed by atoms with E-state index in [1.807, 2.05) is 25.1 Å². The molecular weight excluding hydrogens is 334 g/mol. The van der Waals surface area contributed by atoms with Gasteiger partial charge < -0.3 is 24.5 Å². The molecule has 0 bridgehead atoms. The Morgan fingerprint density at radius 1 is 1.31 bits per heavy atom. The van der Waals surface area contributed by atoms with Gasteiger partial charge in [-0.05, 0) is 36.8 Å². The lowest BCUT2D eigenvalue weighted by atomic mass is 10.1. The van der Waals surface area contributed by atoms with Crippen molar-refractivity contribution in [1.82, 2.24) is 10.6 Å². The normalized spacial score (nSPS) is 12.0. The van der Waals surface area contributed by atoms with Gasteiger partial charge >= 0.3 is 0 Å². The molecule has 0 fully saturated rings. The van der Waals surface area contributed by atoms with Crippen molar-refractivity contribution < 1.29 is 18.7 Å². The molecule has 1 amide bonds. The maximum Gasteiger partial charge on any atom is 0.263 e. The van der Waals surface area contributed by atoms with Crippen molar-refractivity contribution in [3.63, 3.8) is 0 Å². The number of nitrogens with zero attached hydrogens (tertiary/aromatic N) is 1. The minimum Gasteiger partial charge on any atom is -0.493 e. The molecule has 2 rings (SSSR count). The molecule has 1 aromatic heterocycles. The van der Waals surface area contributed by atoms with E-state index in [2.05, 4.69) is 10.6 Å². The Balaban J connectivity index is 2.01. The molecule has 2 N–H and O–H groups in total. The van der Waals surface area contributed by atoms with Gasteiger partial charge in [0.05, 0.1) is 27.0 Å². The SMILES string of the molecule is COc1ccc(C(C)N/C=C(/C#N)C(=O)NCc2ccco2)cc1OC. The Morgan fingerprint density at radius 3 is 2.69 bits per heavy atom. The van der Waals surface area contributed by atoms with E-state index in [1.54, 1.807) is 32.4 Å². The number of benzene rings is 1. The van der Waals surface area contributed by atoms with E-state index in [9.17, 15) is 10.1 Å². The van der Waals surface area contributed by atoms with Crippen molar-refractivity contribution >= 4 is 5.91 Å². The first-order valence-corrected chi connectivity index (χ1v) is 7.97. The lowest BCUT2D eigenvalue weighted by molar-refractivity contribution is -0.117. The molecule has 7 nitrogen and oxygen atoms in total. The van der Waals surface area contributed by atoms with Crippen molar-refractivity contribution in [3.05, 3.63) is 59.7 Å². The molecule has 136 valence electrons. The third kappa shape index (κ3) is 4.80. The number of nitrogens with one attached hydrogen (secondary N) is 2. The van der Waals surface area contributed by atoms with Gasteiger partial charge in [0.2, 0.25) is 0 Å². The number of carbonyl (C=O) groups excluding carboxylic acids is 1. The summed E-state index contributed by atoms with van der Waals surface area (Å²) in [6, 6.07) is 10.8. The third-order valence-electron chi connectivity index (χ3n) is 3.75. The molecule has 0 aliphatic carbocycles. The van der Waals surface area contributed by atoms with E-state index >= 15 is 0 Å². The Kier molecular flexibility index (Phi) is 6.68. The summed E-state index contributed by atoms with van der Waals surface area (Å²) < 4.78 is 15.6. The average Bonchev–Trinajstić information content (AvgIpc) is 3.19. The van der Waals surface area contributed by atoms with Gasteiger partial charge in [0, 0.05) is 12.2 Å². The third-order valence-corrected chi connectivity index (χ3v) is 3.75. The first-order valence-electron chi connectivity index (χ1n) is 7.97. The van der Waals surface area contributed by atoms with Gasteiger partial charge in [0.1, 0.15) is 17.4 Å². The van der Waals surface area contributed by atoms with Crippen LogP contribution in [0.1, 0.15) is 24.3 Å². The summed E-state index contributed by atoms with van der Waals surface area (Å²) >= 11 is 0. The Labute approximate surface area is 152 Å². The maximum absolute atomic E-state index is 12.1. The number of ether oxygens (including phenoxy) is 2. The van der Waals surface area contributed by atoms with Crippen LogP contribution in [0.4, 0.5) is 0 Å². The highest BCUT2D eigenvalue weighted by atomic mass is 16.5. The van der Waals surface area contributed by atoms with Crippen LogP contribution >= 0.6 is 0 Å². The van der Waals surface area contributed by atoms with Crippen LogP contribution in [0, 0.1) is 11.3 Å². The predicted molar refractivity (Wildman–Crippen MR) is 95.3 cm³/mol. The van der Waals surface area contributed by atoms with Gasteiger partial charge in [0.25, 0.3) is 5.91 Å². The summed E-state index contributed by atoms with van der Waals surface area (Å²) in [4.78, 5) is 12.1. The summed E-state index contributed by atoms with van der Waals surface area (Å²) in [6.07, 6.45) is 2.92.